The van der Waals surface area contributed by atoms with Crippen molar-refractivity contribution in [1.29, 1.82) is 0 Å². The first kappa shape index (κ1) is 12.9. The molecule has 2 rings (SSSR count). The third-order valence-corrected chi connectivity index (χ3v) is 4.11. The molecule has 1 heterocycles. The van der Waals surface area contributed by atoms with Gasteiger partial charge in [-0.15, -0.1) is 0 Å². The van der Waals surface area contributed by atoms with Crippen LogP contribution in [0.25, 0.3) is 0 Å². The second kappa shape index (κ2) is 5.38. The molecule has 0 amide bonds. The summed E-state index contributed by atoms with van der Waals surface area (Å²) in [7, 11) is 1.43. The molecule has 92 valence electrons. The standard InChI is InChI=1S/C12H13BrClNO2/c1-17-12(16)9-6-15(7-9)5-8-2-3-10(13)11(14)4-8/h2-4,9H,5-7H2,1H3. The highest BCUT2D eigenvalue weighted by Crippen LogP contribution is 2.25. The molecule has 0 bridgehead atoms. The van der Waals surface area contributed by atoms with Crippen molar-refractivity contribution in [2.24, 2.45) is 5.92 Å². The molecule has 1 aromatic carbocycles. The Hall–Kier alpha value is -0.580. The molecular weight excluding hydrogens is 305 g/mol. The predicted octanol–water partition coefficient (Wildman–Crippen LogP) is 2.71. The molecule has 3 nitrogen and oxygen atoms in total. The summed E-state index contributed by atoms with van der Waals surface area (Å²) < 4.78 is 5.60. The van der Waals surface area contributed by atoms with Gasteiger partial charge in [0.05, 0.1) is 18.1 Å². The highest BCUT2D eigenvalue weighted by atomic mass is 79.9. The minimum atomic E-state index is -0.116. The van der Waals surface area contributed by atoms with E-state index in [0.29, 0.717) is 5.02 Å². The minimum absolute atomic E-state index is 0.0333. The van der Waals surface area contributed by atoms with Crippen LogP contribution in [-0.4, -0.2) is 31.1 Å². The Morgan fingerprint density at radius 1 is 1.59 bits per heavy atom. The number of rotatable bonds is 3. The molecule has 0 aromatic heterocycles. The molecule has 17 heavy (non-hydrogen) atoms. The average Bonchev–Trinajstić information content (AvgIpc) is 2.26. The van der Waals surface area contributed by atoms with E-state index < -0.39 is 0 Å². The van der Waals surface area contributed by atoms with Gasteiger partial charge in [-0.25, -0.2) is 0 Å². The van der Waals surface area contributed by atoms with Crippen molar-refractivity contribution in [2.75, 3.05) is 20.2 Å². The van der Waals surface area contributed by atoms with Gasteiger partial charge in [0.15, 0.2) is 0 Å². The molecule has 0 N–H and O–H groups in total. The van der Waals surface area contributed by atoms with Crippen LogP contribution >= 0.6 is 27.5 Å². The normalized spacial score (nSPS) is 16.6. The van der Waals surface area contributed by atoms with E-state index in [1.165, 1.54) is 7.11 Å². The lowest BCUT2D eigenvalue weighted by atomic mass is 9.99. The fourth-order valence-corrected chi connectivity index (χ4v) is 2.36. The van der Waals surface area contributed by atoms with Crippen molar-refractivity contribution < 1.29 is 9.53 Å². The van der Waals surface area contributed by atoms with Crippen LogP contribution in [-0.2, 0) is 16.1 Å². The van der Waals surface area contributed by atoms with Crippen LogP contribution in [0.1, 0.15) is 5.56 Å². The SMILES string of the molecule is COC(=O)C1CN(Cc2ccc(Br)c(Cl)c2)C1. The first-order valence-corrected chi connectivity index (χ1v) is 6.51. The van der Waals surface area contributed by atoms with Crippen molar-refractivity contribution in [3.63, 3.8) is 0 Å². The zero-order valence-electron chi connectivity index (χ0n) is 9.45. The van der Waals surface area contributed by atoms with Gasteiger partial charge in [-0.1, -0.05) is 17.7 Å². The number of ether oxygens (including phenoxy) is 1. The lowest BCUT2D eigenvalue weighted by Crippen LogP contribution is -2.49. The smallest absolute Gasteiger partial charge is 0.311 e. The van der Waals surface area contributed by atoms with Gasteiger partial charge in [0.25, 0.3) is 0 Å². The zero-order valence-corrected chi connectivity index (χ0v) is 11.8. The van der Waals surface area contributed by atoms with E-state index in [0.717, 1.165) is 29.7 Å². The van der Waals surface area contributed by atoms with Gasteiger partial charge in [-0.3, -0.25) is 9.69 Å². The number of carbonyl (C=O) groups is 1. The van der Waals surface area contributed by atoms with Crippen molar-refractivity contribution in [2.45, 2.75) is 6.54 Å². The monoisotopic (exact) mass is 317 g/mol. The highest BCUT2D eigenvalue weighted by Gasteiger charge is 2.33. The van der Waals surface area contributed by atoms with Gasteiger partial charge in [-0.2, -0.15) is 0 Å². The summed E-state index contributed by atoms with van der Waals surface area (Å²) in [5.74, 6) is -0.0824. The van der Waals surface area contributed by atoms with E-state index in [1.807, 2.05) is 18.2 Å². The largest absolute Gasteiger partial charge is 0.469 e. The van der Waals surface area contributed by atoms with E-state index in [2.05, 4.69) is 20.8 Å². The van der Waals surface area contributed by atoms with Crippen LogP contribution in [0, 0.1) is 5.92 Å². The summed E-state index contributed by atoms with van der Waals surface area (Å²) in [4.78, 5) is 13.4. The van der Waals surface area contributed by atoms with Crippen molar-refractivity contribution in [3.05, 3.63) is 33.3 Å². The van der Waals surface area contributed by atoms with E-state index >= 15 is 0 Å². The topological polar surface area (TPSA) is 29.5 Å². The summed E-state index contributed by atoms with van der Waals surface area (Å²) in [6.07, 6.45) is 0. The quantitative estimate of drug-likeness (QED) is 0.803. The van der Waals surface area contributed by atoms with Crippen molar-refractivity contribution in [3.8, 4) is 0 Å². The predicted molar refractivity (Wildman–Crippen MR) is 69.9 cm³/mol. The molecule has 0 unspecified atom stereocenters. The second-order valence-electron chi connectivity index (χ2n) is 4.16. The minimum Gasteiger partial charge on any atom is -0.469 e. The molecular formula is C12H13BrClNO2. The van der Waals surface area contributed by atoms with Gasteiger partial charge in [0.2, 0.25) is 0 Å². The number of carbonyl (C=O) groups excluding carboxylic acids is 1. The Bertz CT molecular complexity index is 433. The van der Waals surface area contributed by atoms with Crippen molar-refractivity contribution in [1.82, 2.24) is 4.90 Å². The summed E-state index contributed by atoms with van der Waals surface area (Å²) in [6.45, 7) is 2.35. The van der Waals surface area contributed by atoms with E-state index in [1.54, 1.807) is 0 Å². The Labute approximate surface area is 114 Å². The first-order valence-electron chi connectivity index (χ1n) is 5.34. The number of hydrogen-bond acceptors (Lipinski definition) is 3. The van der Waals surface area contributed by atoms with Crippen LogP contribution in [0.3, 0.4) is 0 Å². The molecule has 1 fully saturated rings. The molecule has 1 aliphatic rings. The molecule has 0 saturated carbocycles. The molecule has 0 radical (unpaired) electrons. The molecule has 1 saturated heterocycles. The lowest BCUT2D eigenvalue weighted by molar-refractivity contribution is -0.151. The number of nitrogens with zero attached hydrogens (tertiary/aromatic N) is 1. The Kier molecular flexibility index (Phi) is 4.07. The maximum Gasteiger partial charge on any atom is 0.311 e. The summed E-state index contributed by atoms with van der Waals surface area (Å²) in [5, 5.41) is 0.715. The van der Waals surface area contributed by atoms with Crippen molar-refractivity contribution >= 4 is 33.5 Å². The molecule has 0 atom stereocenters. The number of hydrogen-bond donors (Lipinski definition) is 0. The number of benzene rings is 1. The van der Waals surface area contributed by atoms with E-state index in [4.69, 9.17) is 16.3 Å². The third-order valence-electron chi connectivity index (χ3n) is 2.88. The van der Waals surface area contributed by atoms with Gasteiger partial charge < -0.3 is 4.74 Å². The molecule has 1 aromatic rings. The maximum absolute atomic E-state index is 11.2. The molecule has 0 aliphatic carbocycles. The highest BCUT2D eigenvalue weighted by molar-refractivity contribution is 9.10. The fraction of sp³-hybridized carbons (Fsp3) is 0.417. The van der Waals surface area contributed by atoms with Crippen LogP contribution < -0.4 is 0 Å². The number of halogens is 2. The molecule has 0 spiro atoms. The van der Waals surface area contributed by atoms with Crippen LogP contribution in [0.5, 0.6) is 0 Å². The summed E-state index contributed by atoms with van der Waals surface area (Å²) in [5.41, 5.74) is 1.15. The fourth-order valence-electron chi connectivity index (χ4n) is 1.91. The number of methoxy groups -OCH3 is 1. The number of esters is 1. The maximum atomic E-state index is 11.2. The Balaban J connectivity index is 1.87. The molecule has 1 aliphatic heterocycles. The van der Waals surface area contributed by atoms with E-state index in [9.17, 15) is 4.79 Å². The van der Waals surface area contributed by atoms with Gasteiger partial charge >= 0.3 is 5.97 Å². The average molecular weight is 319 g/mol. The zero-order chi connectivity index (χ0) is 12.4. The Morgan fingerprint density at radius 3 is 2.88 bits per heavy atom. The van der Waals surface area contributed by atoms with Crippen LogP contribution in [0.15, 0.2) is 22.7 Å². The van der Waals surface area contributed by atoms with Gasteiger partial charge in [0.1, 0.15) is 0 Å². The lowest BCUT2D eigenvalue weighted by Gasteiger charge is -2.37. The van der Waals surface area contributed by atoms with Gasteiger partial charge in [0, 0.05) is 24.1 Å². The third kappa shape index (κ3) is 3.00. The van der Waals surface area contributed by atoms with Gasteiger partial charge in [-0.05, 0) is 33.6 Å². The summed E-state index contributed by atoms with van der Waals surface area (Å²) in [6, 6.07) is 5.91. The molecule has 5 heteroatoms. The second-order valence-corrected chi connectivity index (χ2v) is 5.42. The summed E-state index contributed by atoms with van der Waals surface area (Å²) >= 11 is 9.38. The van der Waals surface area contributed by atoms with Crippen LogP contribution in [0.2, 0.25) is 5.02 Å². The number of likely N-dealkylation sites (tertiary alicyclic amines) is 1. The van der Waals surface area contributed by atoms with Crippen LogP contribution in [0.4, 0.5) is 0 Å². The Morgan fingerprint density at radius 2 is 2.29 bits per heavy atom. The van der Waals surface area contributed by atoms with E-state index in [-0.39, 0.29) is 11.9 Å². The first-order chi connectivity index (χ1) is 8.10.